The Labute approximate surface area is 117 Å². The number of nitrogens with two attached hydrogens (primary N) is 1. The lowest BCUT2D eigenvalue weighted by atomic mass is 10.0. The highest BCUT2D eigenvalue weighted by Crippen LogP contribution is 2.25. The molecule has 3 nitrogen and oxygen atoms in total. The molecule has 5 heteroatoms. The van der Waals surface area contributed by atoms with E-state index < -0.39 is 0 Å². The quantitative estimate of drug-likeness (QED) is 0.936. The van der Waals surface area contributed by atoms with Gasteiger partial charge in [-0.05, 0) is 24.1 Å². The molecule has 2 rings (SSSR count). The van der Waals surface area contributed by atoms with Gasteiger partial charge in [-0.25, -0.2) is 4.39 Å². The van der Waals surface area contributed by atoms with Crippen molar-refractivity contribution in [1.29, 1.82) is 0 Å². The normalized spacial score (nSPS) is 12.7. The van der Waals surface area contributed by atoms with E-state index >= 15 is 0 Å². The zero-order chi connectivity index (χ0) is 14.0. The third kappa shape index (κ3) is 2.96. The lowest BCUT2D eigenvalue weighted by Gasteiger charge is -2.12. The Kier molecular flexibility index (Phi) is 4.22. The van der Waals surface area contributed by atoms with Gasteiger partial charge in [0, 0.05) is 19.5 Å². The minimum Gasteiger partial charge on any atom is -0.324 e. The van der Waals surface area contributed by atoms with Crippen molar-refractivity contribution in [2.24, 2.45) is 12.8 Å². The zero-order valence-corrected chi connectivity index (χ0v) is 11.8. The molecule has 2 N–H and O–H groups in total. The molecule has 0 fully saturated rings. The summed E-state index contributed by atoms with van der Waals surface area (Å²) in [6.07, 6.45) is 1.31. The average Bonchev–Trinajstić information content (AvgIpc) is 2.66. The van der Waals surface area contributed by atoms with Crippen LogP contribution < -0.4 is 5.73 Å². The molecule has 1 unspecified atom stereocenters. The monoisotopic (exact) mass is 281 g/mol. The van der Waals surface area contributed by atoms with Crippen molar-refractivity contribution < 1.29 is 4.39 Å². The van der Waals surface area contributed by atoms with Crippen LogP contribution in [0.4, 0.5) is 4.39 Å². The molecule has 1 aromatic heterocycles. The summed E-state index contributed by atoms with van der Waals surface area (Å²) in [6, 6.07) is 6.04. The predicted octanol–water partition coefficient (Wildman–Crippen LogP) is 3.02. The van der Waals surface area contributed by atoms with E-state index in [1.165, 1.54) is 12.1 Å². The Morgan fingerprint density at radius 3 is 2.79 bits per heavy atom. The first-order chi connectivity index (χ1) is 9.02. The van der Waals surface area contributed by atoms with Crippen LogP contribution in [0.1, 0.15) is 29.9 Å². The third-order valence-electron chi connectivity index (χ3n) is 3.19. The SMILES string of the molecule is CCc1nn(C)c(CC(N)c2cccc(F)c2)c1Cl. The zero-order valence-electron chi connectivity index (χ0n) is 11.0. The van der Waals surface area contributed by atoms with Gasteiger partial charge >= 0.3 is 0 Å². The second kappa shape index (κ2) is 5.72. The molecule has 0 spiro atoms. The van der Waals surface area contributed by atoms with Crippen molar-refractivity contribution in [3.63, 3.8) is 0 Å². The van der Waals surface area contributed by atoms with Crippen molar-refractivity contribution in [2.75, 3.05) is 0 Å². The number of hydrogen-bond acceptors (Lipinski definition) is 2. The maximum absolute atomic E-state index is 13.2. The molecular formula is C14H17ClFN3. The fraction of sp³-hybridized carbons (Fsp3) is 0.357. The van der Waals surface area contributed by atoms with Gasteiger partial charge in [0.15, 0.2) is 0 Å². The molecule has 0 bridgehead atoms. The van der Waals surface area contributed by atoms with Crippen molar-refractivity contribution >= 4 is 11.6 Å². The van der Waals surface area contributed by atoms with Crippen LogP contribution in [0.2, 0.25) is 5.02 Å². The summed E-state index contributed by atoms with van der Waals surface area (Å²) in [5, 5.41) is 5.01. The molecule has 0 radical (unpaired) electrons. The Morgan fingerprint density at radius 1 is 1.47 bits per heavy atom. The first kappa shape index (κ1) is 14.0. The molecule has 1 atom stereocenters. The van der Waals surface area contributed by atoms with E-state index in [-0.39, 0.29) is 11.9 Å². The molecule has 0 saturated heterocycles. The van der Waals surface area contributed by atoms with Gasteiger partial charge in [-0.2, -0.15) is 5.10 Å². The van der Waals surface area contributed by atoms with Crippen LogP contribution in [-0.2, 0) is 19.9 Å². The summed E-state index contributed by atoms with van der Waals surface area (Å²) in [5.41, 5.74) is 8.63. The van der Waals surface area contributed by atoms with Crippen LogP contribution in [0.25, 0.3) is 0 Å². The van der Waals surface area contributed by atoms with E-state index in [2.05, 4.69) is 5.10 Å². The third-order valence-corrected chi connectivity index (χ3v) is 3.63. The van der Waals surface area contributed by atoms with E-state index in [1.807, 2.05) is 20.0 Å². The first-order valence-electron chi connectivity index (χ1n) is 6.24. The van der Waals surface area contributed by atoms with E-state index in [9.17, 15) is 4.39 Å². The Balaban J connectivity index is 2.24. The van der Waals surface area contributed by atoms with Gasteiger partial charge in [0.1, 0.15) is 5.82 Å². The summed E-state index contributed by atoms with van der Waals surface area (Å²) in [5.74, 6) is -0.279. The highest BCUT2D eigenvalue weighted by atomic mass is 35.5. The molecule has 2 aromatic rings. The Hall–Kier alpha value is -1.39. The predicted molar refractivity (Wildman–Crippen MR) is 74.6 cm³/mol. The van der Waals surface area contributed by atoms with Gasteiger partial charge in [0.25, 0.3) is 0 Å². The second-order valence-electron chi connectivity index (χ2n) is 4.55. The maximum atomic E-state index is 13.2. The van der Waals surface area contributed by atoms with Gasteiger partial charge in [-0.3, -0.25) is 4.68 Å². The summed E-state index contributed by atoms with van der Waals surface area (Å²) in [4.78, 5) is 0. The number of benzene rings is 1. The Morgan fingerprint density at radius 2 is 2.21 bits per heavy atom. The summed E-state index contributed by atoms with van der Waals surface area (Å²) < 4.78 is 14.9. The molecule has 0 saturated carbocycles. The van der Waals surface area contributed by atoms with Crippen molar-refractivity contribution in [3.05, 3.63) is 52.1 Å². The van der Waals surface area contributed by atoms with Crippen LogP contribution >= 0.6 is 11.6 Å². The maximum Gasteiger partial charge on any atom is 0.123 e. The van der Waals surface area contributed by atoms with Gasteiger partial charge in [0.05, 0.1) is 16.4 Å². The van der Waals surface area contributed by atoms with Crippen molar-refractivity contribution in [3.8, 4) is 0 Å². The van der Waals surface area contributed by atoms with Crippen LogP contribution in [0.3, 0.4) is 0 Å². The summed E-state index contributed by atoms with van der Waals surface area (Å²) in [7, 11) is 1.85. The molecule has 0 amide bonds. The van der Waals surface area contributed by atoms with Crippen LogP contribution in [0, 0.1) is 5.82 Å². The summed E-state index contributed by atoms with van der Waals surface area (Å²) >= 11 is 6.28. The van der Waals surface area contributed by atoms with Gasteiger partial charge in [-0.15, -0.1) is 0 Å². The topological polar surface area (TPSA) is 43.8 Å². The number of aryl methyl sites for hydroxylation is 2. The number of halogens is 2. The largest absolute Gasteiger partial charge is 0.324 e. The number of rotatable bonds is 4. The highest BCUT2D eigenvalue weighted by molar-refractivity contribution is 6.31. The minimum absolute atomic E-state index is 0.279. The van der Waals surface area contributed by atoms with Crippen molar-refractivity contribution in [2.45, 2.75) is 25.8 Å². The minimum atomic E-state index is -0.298. The molecule has 1 heterocycles. The van der Waals surface area contributed by atoms with Crippen molar-refractivity contribution in [1.82, 2.24) is 9.78 Å². The van der Waals surface area contributed by atoms with Crippen LogP contribution in [0.15, 0.2) is 24.3 Å². The van der Waals surface area contributed by atoms with Crippen LogP contribution in [0.5, 0.6) is 0 Å². The Bertz CT molecular complexity index is 580. The van der Waals surface area contributed by atoms with Gasteiger partial charge in [-0.1, -0.05) is 30.7 Å². The van der Waals surface area contributed by atoms with E-state index in [0.29, 0.717) is 11.4 Å². The molecule has 102 valence electrons. The fourth-order valence-electron chi connectivity index (χ4n) is 2.10. The molecule has 1 aromatic carbocycles. The highest BCUT2D eigenvalue weighted by Gasteiger charge is 2.17. The number of nitrogens with zero attached hydrogens (tertiary/aromatic N) is 2. The summed E-state index contributed by atoms with van der Waals surface area (Å²) in [6.45, 7) is 2.00. The molecule has 0 aliphatic heterocycles. The molecule has 0 aliphatic carbocycles. The smallest absolute Gasteiger partial charge is 0.123 e. The molecule has 0 aliphatic rings. The standard InChI is InChI=1S/C14H17ClFN3/c1-3-12-14(15)13(19(2)18-12)8-11(17)9-5-4-6-10(16)7-9/h4-7,11H,3,8,17H2,1-2H3. The van der Waals surface area contributed by atoms with E-state index in [1.54, 1.807) is 10.7 Å². The fourth-order valence-corrected chi connectivity index (χ4v) is 2.48. The van der Waals surface area contributed by atoms with E-state index in [0.717, 1.165) is 23.4 Å². The van der Waals surface area contributed by atoms with E-state index in [4.69, 9.17) is 17.3 Å². The lowest BCUT2D eigenvalue weighted by molar-refractivity contribution is 0.610. The van der Waals surface area contributed by atoms with Gasteiger partial charge in [0.2, 0.25) is 0 Å². The van der Waals surface area contributed by atoms with Crippen LogP contribution in [-0.4, -0.2) is 9.78 Å². The molecule has 19 heavy (non-hydrogen) atoms. The average molecular weight is 282 g/mol. The molecular weight excluding hydrogens is 265 g/mol. The lowest BCUT2D eigenvalue weighted by Crippen LogP contribution is -2.15. The van der Waals surface area contributed by atoms with Gasteiger partial charge < -0.3 is 5.73 Å². The second-order valence-corrected chi connectivity index (χ2v) is 4.93. The first-order valence-corrected chi connectivity index (χ1v) is 6.62. The number of aromatic nitrogens is 2. The number of hydrogen-bond donors (Lipinski definition) is 1.